The van der Waals surface area contributed by atoms with Crippen LogP contribution >= 0.6 is 0 Å². The van der Waals surface area contributed by atoms with Crippen LogP contribution in [0.15, 0.2) is 24.3 Å². The predicted molar refractivity (Wildman–Crippen MR) is 104 cm³/mol. The predicted octanol–water partition coefficient (Wildman–Crippen LogP) is 3.20. The van der Waals surface area contributed by atoms with E-state index in [1.807, 2.05) is 0 Å². The van der Waals surface area contributed by atoms with Crippen molar-refractivity contribution in [1.82, 2.24) is 15.1 Å². The van der Waals surface area contributed by atoms with Crippen molar-refractivity contribution in [2.24, 2.45) is 0 Å². The van der Waals surface area contributed by atoms with E-state index in [0.29, 0.717) is 43.0 Å². The number of carbonyl (C=O) groups excluding carboxylic acids is 1. The highest BCUT2D eigenvalue weighted by molar-refractivity contribution is 5.92. The Kier molecular flexibility index (Phi) is 6.83. The van der Waals surface area contributed by atoms with Crippen LogP contribution in [0.3, 0.4) is 0 Å². The molecule has 174 valence electrons. The maximum absolute atomic E-state index is 12.7. The van der Waals surface area contributed by atoms with Gasteiger partial charge in [0.05, 0.1) is 12.6 Å². The number of nitrogens with zero attached hydrogens (tertiary/aromatic N) is 2. The van der Waals surface area contributed by atoms with Crippen LogP contribution < -0.4 is 14.8 Å². The van der Waals surface area contributed by atoms with Crippen LogP contribution in [-0.2, 0) is 24.1 Å². The van der Waals surface area contributed by atoms with E-state index in [4.69, 9.17) is 9.47 Å². The van der Waals surface area contributed by atoms with Gasteiger partial charge in [0.1, 0.15) is 18.5 Å². The number of carbonyl (C=O) groups is 1. The lowest BCUT2D eigenvalue weighted by molar-refractivity contribution is -0.133. The minimum absolute atomic E-state index is 0.119. The van der Waals surface area contributed by atoms with Crippen molar-refractivity contribution in [3.05, 3.63) is 41.1 Å². The number of rotatable bonds is 8. The summed E-state index contributed by atoms with van der Waals surface area (Å²) in [7, 11) is 0. The number of ether oxygens (including phenoxy) is 3. The second kappa shape index (κ2) is 9.76. The van der Waals surface area contributed by atoms with Crippen LogP contribution in [0.5, 0.6) is 11.6 Å². The van der Waals surface area contributed by atoms with Crippen LogP contribution in [0.2, 0.25) is 0 Å². The zero-order valence-electron chi connectivity index (χ0n) is 17.1. The number of aryl methyl sites for hydroxylation is 1. The third-order valence-corrected chi connectivity index (χ3v) is 5.37. The molecule has 0 fully saturated rings. The van der Waals surface area contributed by atoms with Gasteiger partial charge in [-0.15, -0.1) is 0 Å². The van der Waals surface area contributed by atoms with Gasteiger partial charge in [-0.1, -0.05) is 12.1 Å². The van der Waals surface area contributed by atoms with E-state index < -0.39 is 18.9 Å². The number of nitrogens with one attached hydrogen (secondary N) is 1. The van der Waals surface area contributed by atoms with Gasteiger partial charge in [-0.2, -0.15) is 13.9 Å². The summed E-state index contributed by atoms with van der Waals surface area (Å²) < 4.78 is 66.7. The molecule has 2 aliphatic rings. The second-order valence-electron chi connectivity index (χ2n) is 7.76. The molecule has 32 heavy (non-hydrogen) atoms. The smallest absolute Gasteiger partial charge is 0.345 e. The highest BCUT2D eigenvalue weighted by Gasteiger charge is 2.27. The van der Waals surface area contributed by atoms with Gasteiger partial charge < -0.3 is 19.5 Å². The van der Waals surface area contributed by atoms with E-state index in [1.165, 1.54) is 6.07 Å². The lowest BCUT2D eigenvalue weighted by Gasteiger charge is -2.26. The van der Waals surface area contributed by atoms with Crippen LogP contribution in [0.1, 0.15) is 34.5 Å². The van der Waals surface area contributed by atoms with Gasteiger partial charge in [0.15, 0.2) is 5.69 Å². The van der Waals surface area contributed by atoms with E-state index in [1.54, 1.807) is 22.9 Å². The maximum Gasteiger partial charge on any atom is 0.345 e. The third kappa shape index (κ3) is 5.50. The summed E-state index contributed by atoms with van der Waals surface area (Å²) in [6.07, 6.45) is -1.73. The van der Waals surface area contributed by atoms with Gasteiger partial charge in [0, 0.05) is 31.9 Å². The number of halogens is 4. The van der Waals surface area contributed by atoms with Crippen molar-refractivity contribution >= 4 is 5.91 Å². The highest BCUT2D eigenvalue weighted by atomic mass is 19.3. The lowest BCUT2D eigenvalue weighted by Crippen LogP contribution is -2.43. The summed E-state index contributed by atoms with van der Waals surface area (Å²) in [6.45, 7) is -2.18. The molecule has 2 aliphatic heterocycles. The molecule has 1 amide bonds. The molecule has 2 atom stereocenters. The molecule has 3 heterocycles. The summed E-state index contributed by atoms with van der Waals surface area (Å²) in [5.41, 5.74) is 1.45. The molecule has 4 rings (SSSR count). The number of fused-ring (bicyclic) bond motifs is 2. The minimum atomic E-state index is -2.81. The lowest BCUT2D eigenvalue weighted by atomic mass is 9.99. The summed E-state index contributed by atoms with van der Waals surface area (Å²) >= 11 is 0. The van der Waals surface area contributed by atoms with Crippen molar-refractivity contribution in [1.29, 1.82) is 0 Å². The molecule has 0 aliphatic carbocycles. The van der Waals surface area contributed by atoms with E-state index in [-0.39, 0.29) is 37.5 Å². The Morgan fingerprint density at radius 3 is 2.91 bits per heavy atom. The van der Waals surface area contributed by atoms with Gasteiger partial charge in [0.25, 0.3) is 5.91 Å². The van der Waals surface area contributed by atoms with Crippen molar-refractivity contribution in [2.45, 2.75) is 57.4 Å². The molecule has 0 bridgehead atoms. The van der Waals surface area contributed by atoms with Gasteiger partial charge in [-0.3, -0.25) is 4.79 Å². The Balaban J connectivity index is 1.34. The molecular formula is C21H23F4N3O4. The minimum Gasteiger partial charge on any atom is -0.491 e. The van der Waals surface area contributed by atoms with Gasteiger partial charge in [0.2, 0.25) is 12.3 Å². The fourth-order valence-electron chi connectivity index (χ4n) is 3.86. The highest BCUT2D eigenvalue weighted by Crippen LogP contribution is 2.27. The molecule has 1 aromatic heterocycles. The Bertz CT molecular complexity index is 953. The molecule has 0 spiro atoms. The van der Waals surface area contributed by atoms with E-state index in [9.17, 15) is 22.4 Å². The maximum atomic E-state index is 12.7. The van der Waals surface area contributed by atoms with Crippen LogP contribution in [0.25, 0.3) is 0 Å². The van der Waals surface area contributed by atoms with Crippen LogP contribution in [0.4, 0.5) is 17.6 Å². The van der Waals surface area contributed by atoms with Gasteiger partial charge >= 0.3 is 6.61 Å². The fourth-order valence-corrected chi connectivity index (χ4v) is 3.86. The summed E-state index contributed by atoms with van der Waals surface area (Å²) in [5.74, 6) is 0.612. The molecule has 7 nitrogen and oxygen atoms in total. The number of benzene rings is 1. The average Bonchev–Trinajstić information content (AvgIpc) is 3.16. The standard InChI is InChI=1S/C21H23F4N3O4/c22-18(23)8-12-1-2-17-13(7-12)9-14(11-31-17)26-20(29)16-10-19-28(27-16)5-3-15(32-19)4-6-30-21(24)25/h1-2,7,10,14-15,18,21H,3-6,8-9,11H2,(H,26,29)/t14-,15-/m1/s1. The first-order valence-corrected chi connectivity index (χ1v) is 10.3. The Labute approximate surface area is 181 Å². The Morgan fingerprint density at radius 2 is 2.12 bits per heavy atom. The molecule has 11 heteroatoms. The molecular weight excluding hydrogens is 434 g/mol. The molecule has 0 radical (unpaired) electrons. The van der Waals surface area contributed by atoms with E-state index >= 15 is 0 Å². The first kappa shape index (κ1) is 22.4. The zero-order valence-corrected chi connectivity index (χ0v) is 17.1. The second-order valence-corrected chi connectivity index (χ2v) is 7.76. The molecule has 2 aromatic rings. The molecule has 1 N–H and O–H groups in total. The topological polar surface area (TPSA) is 74.6 Å². The monoisotopic (exact) mass is 457 g/mol. The van der Waals surface area contributed by atoms with Crippen molar-refractivity contribution in [3.8, 4) is 11.6 Å². The number of hydrogen-bond acceptors (Lipinski definition) is 5. The third-order valence-electron chi connectivity index (χ3n) is 5.37. The quantitative estimate of drug-likeness (QED) is 0.617. The van der Waals surface area contributed by atoms with E-state index in [2.05, 4.69) is 15.2 Å². The fraction of sp³-hybridized carbons (Fsp3) is 0.524. The number of aromatic nitrogens is 2. The number of alkyl halides is 4. The largest absolute Gasteiger partial charge is 0.491 e. The normalized spacial score (nSPS) is 19.8. The molecule has 1 aromatic carbocycles. The van der Waals surface area contributed by atoms with E-state index in [0.717, 1.165) is 5.56 Å². The van der Waals surface area contributed by atoms with Gasteiger partial charge in [-0.25, -0.2) is 13.5 Å². The molecule has 0 unspecified atom stereocenters. The number of amides is 1. The summed E-state index contributed by atoms with van der Waals surface area (Å²) in [5, 5.41) is 7.11. The summed E-state index contributed by atoms with van der Waals surface area (Å²) in [6, 6.07) is 6.14. The zero-order chi connectivity index (χ0) is 22.7. The van der Waals surface area contributed by atoms with Crippen LogP contribution in [0, 0.1) is 0 Å². The summed E-state index contributed by atoms with van der Waals surface area (Å²) in [4.78, 5) is 12.7. The SMILES string of the molecule is O=C(N[C@H]1COc2ccc(CC(F)F)cc2C1)c1cc2n(n1)CC[C@H](CCOC(F)F)O2. The average molecular weight is 457 g/mol. The number of hydrogen-bond donors (Lipinski definition) is 1. The Hall–Kier alpha value is -2.82. The van der Waals surface area contributed by atoms with Crippen LogP contribution in [-0.4, -0.2) is 54.1 Å². The van der Waals surface area contributed by atoms with Crippen molar-refractivity contribution in [2.75, 3.05) is 13.2 Å². The first-order chi connectivity index (χ1) is 15.4. The van der Waals surface area contributed by atoms with Gasteiger partial charge in [-0.05, 0) is 23.6 Å². The molecule has 0 saturated carbocycles. The first-order valence-electron chi connectivity index (χ1n) is 10.3. The van der Waals surface area contributed by atoms with Crippen molar-refractivity contribution < 1.29 is 36.6 Å². The Morgan fingerprint density at radius 1 is 1.28 bits per heavy atom. The van der Waals surface area contributed by atoms with Crippen molar-refractivity contribution in [3.63, 3.8) is 0 Å². The molecule has 0 saturated heterocycles.